The van der Waals surface area contributed by atoms with Crippen LogP contribution in [0.15, 0.2) is 34.7 Å². The van der Waals surface area contributed by atoms with Crippen molar-refractivity contribution < 1.29 is 22.7 Å². The maximum Gasteiger partial charge on any atom is 0.387 e. The van der Waals surface area contributed by atoms with Gasteiger partial charge in [-0.15, -0.1) is 0 Å². The molecule has 0 saturated carbocycles. The predicted octanol–water partition coefficient (Wildman–Crippen LogP) is 4.37. The van der Waals surface area contributed by atoms with Crippen molar-refractivity contribution in [2.24, 2.45) is 0 Å². The van der Waals surface area contributed by atoms with Gasteiger partial charge in [0.05, 0.1) is 18.8 Å². The summed E-state index contributed by atoms with van der Waals surface area (Å²) in [5, 5.41) is 3.09. The van der Waals surface area contributed by atoms with E-state index in [4.69, 9.17) is 9.15 Å². The Hall–Kier alpha value is -2.24. The van der Waals surface area contributed by atoms with E-state index in [1.54, 1.807) is 12.1 Å². The topological polar surface area (TPSA) is 43.6 Å². The maximum absolute atomic E-state index is 12.4. The first-order valence-electron chi connectivity index (χ1n) is 6.45. The summed E-state index contributed by atoms with van der Waals surface area (Å²) in [7, 11) is 1.51. The fourth-order valence-electron chi connectivity index (χ4n) is 1.94. The molecular weight excluding hydrogens is 280 g/mol. The minimum absolute atomic E-state index is 0.0564. The Labute approximate surface area is 121 Å². The summed E-state index contributed by atoms with van der Waals surface area (Å²) >= 11 is 0. The molecule has 114 valence electrons. The minimum atomic E-state index is -2.89. The van der Waals surface area contributed by atoms with Crippen LogP contribution in [-0.2, 0) is 0 Å². The zero-order valence-electron chi connectivity index (χ0n) is 12.0. The normalized spacial score (nSPS) is 12.3. The molecule has 0 aliphatic rings. The molecule has 2 rings (SSSR count). The Morgan fingerprint density at radius 3 is 2.52 bits per heavy atom. The van der Waals surface area contributed by atoms with E-state index in [1.165, 1.54) is 13.2 Å². The van der Waals surface area contributed by atoms with Gasteiger partial charge in [-0.3, -0.25) is 0 Å². The van der Waals surface area contributed by atoms with Crippen molar-refractivity contribution in [2.45, 2.75) is 26.5 Å². The number of nitrogens with one attached hydrogen (secondary N) is 1. The second kappa shape index (κ2) is 6.47. The fourth-order valence-corrected chi connectivity index (χ4v) is 1.94. The number of alkyl halides is 2. The van der Waals surface area contributed by atoms with Crippen LogP contribution >= 0.6 is 0 Å². The number of aryl methyl sites for hydroxylation is 1. The molecule has 0 fully saturated rings. The van der Waals surface area contributed by atoms with Crippen LogP contribution in [0.4, 0.5) is 14.5 Å². The summed E-state index contributed by atoms with van der Waals surface area (Å²) in [4.78, 5) is 0. The molecule has 21 heavy (non-hydrogen) atoms. The average Bonchev–Trinajstić information content (AvgIpc) is 2.87. The molecule has 1 N–H and O–H groups in total. The van der Waals surface area contributed by atoms with Crippen LogP contribution in [0.3, 0.4) is 0 Å². The highest BCUT2D eigenvalue weighted by atomic mass is 19.3. The van der Waals surface area contributed by atoms with Crippen molar-refractivity contribution in [3.8, 4) is 11.5 Å². The smallest absolute Gasteiger partial charge is 0.387 e. The summed E-state index contributed by atoms with van der Waals surface area (Å²) in [6.45, 7) is 0.817. The van der Waals surface area contributed by atoms with Crippen molar-refractivity contribution >= 4 is 5.69 Å². The third kappa shape index (κ3) is 3.87. The molecule has 1 unspecified atom stereocenters. The summed E-state index contributed by atoms with van der Waals surface area (Å²) < 4.78 is 40.0. The number of anilines is 1. The molecule has 1 heterocycles. The van der Waals surface area contributed by atoms with E-state index in [1.807, 2.05) is 26.0 Å². The average molecular weight is 297 g/mol. The zero-order chi connectivity index (χ0) is 15.4. The lowest BCUT2D eigenvalue weighted by molar-refractivity contribution is -0.0494. The summed E-state index contributed by atoms with van der Waals surface area (Å²) in [5.41, 5.74) is 0.413. The quantitative estimate of drug-likeness (QED) is 0.859. The number of rotatable bonds is 6. The van der Waals surface area contributed by atoms with Crippen LogP contribution in [0.2, 0.25) is 0 Å². The molecule has 0 aliphatic carbocycles. The van der Waals surface area contributed by atoms with Gasteiger partial charge in [0.15, 0.2) is 0 Å². The van der Waals surface area contributed by atoms with Gasteiger partial charge in [-0.25, -0.2) is 0 Å². The molecule has 0 amide bonds. The standard InChI is InChI=1S/C15H17F2NO3/c1-9-4-6-13(20-9)10(2)18-12-8-11(19-3)5-7-14(12)21-15(16)17/h4-8,10,15,18H,1-3H3. The first kappa shape index (κ1) is 15.2. The molecule has 1 atom stereocenters. The Morgan fingerprint density at radius 2 is 1.95 bits per heavy atom. The van der Waals surface area contributed by atoms with Crippen molar-refractivity contribution in [3.05, 3.63) is 41.9 Å². The molecular formula is C15H17F2NO3. The van der Waals surface area contributed by atoms with E-state index in [9.17, 15) is 8.78 Å². The highest BCUT2D eigenvalue weighted by Gasteiger charge is 2.15. The number of furan rings is 1. The third-order valence-electron chi connectivity index (χ3n) is 2.96. The Kier molecular flexibility index (Phi) is 4.67. The molecule has 6 heteroatoms. The van der Waals surface area contributed by atoms with Gasteiger partial charge >= 0.3 is 6.61 Å². The SMILES string of the molecule is COc1ccc(OC(F)F)c(NC(C)c2ccc(C)o2)c1. The van der Waals surface area contributed by atoms with Gasteiger partial charge in [-0.1, -0.05) is 0 Å². The van der Waals surface area contributed by atoms with E-state index in [0.29, 0.717) is 17.2 Å². The Bertz CT molecular complexity index is 598. The number of halogens is 2. The number of hydrogen-bond donors (Lipinski definition) is 1. The lowest BCUT2D eigenvalue weighted by Crippen LogP contribution is -2.09. The van der Waals surface area contributed by atoms with Gasteiger partial charge in [0.25, 0.3) is 0 Å². The number of benzene rings is 1. The Morgan fingerprint density at radius 1 is 1.19 bits per heavy atom. The Balaban J connectivity index is 2.23. The molecule has 2 aromatic rings. The van der Waals surface area contributed by atoms with Crippen LogP contribution in [0.5, 0.6) is 11.5 Å². The van der Waals surface area contributed by atoms with Crippen LogP contribution in [0, 0.1) is 6.92 Å². The van der Waals surface area contributed by atoms with Crippen LogP contribution in [-0.4, -0.2) is 13.7 Å². The van der Waals surface area contributed by atoms with E-state index >= 15 is 0 Å². The molecule has 0 radical (unpaired) electrons. The van der Waals surface area contributed by atoms with Crippen molar-refractivity contribution in [3.63, 3.8) is 0 Å². The predicted molar refractivity (Wildman–Crippen MR) is 75.1 cm³/mol. The van der Waals surface area contributed by atoms with E-state index < -0.39 is 6.61 Å². The lowest BCUT2D eigenvalue weighted by Gasteiger charge is -2.17. The van der Waals surface area contributed by atoms with Crippen LogP contribution in [0.1, 0.15) is 24.5 Å². The maximum atomic E-state index is 12.4. The molecule has 1 aromatic heterocycles. The van der Waals surface area contributed by atoms with E-state index in [0.717, 1.165) is 5.76 Å². The molecule has 4 nitrogen and oxygen atoms in total. The number of methoxy groups -OCH3 is 1. The molecule has 0 spiro atoms. The largest absolute Gasteiger partial charge is 0.497 e. The first-order chi connectivity index (χ1) is 9.99. The summed E-state index contributed by atoms with van der Waals surface area (Å²) in [5.74, 6) is 2.09. The van der Waals surface area contributed by atoms with E-state index in [-0.39, 0.29) is 11.8 Å². The molecule has 0 aliphatic heterocycles. The highest BCUT2D eigenvalue weighted by molar-refractivity contribution is 5.60. The zero-order valence-corrected chi connectivity index (χ0v) is 12.0. The van der Waals surface area contributed by atoms with Crippen LogP contribution < -0.4 is 14.8 Å². The number of ether oxygens (including phenoxy) is 2. The minimum Gasteiger partial charge on any atom is -0.497 e. The number of hydrogen-bond acceptors (Lipinski definition) is 4. The summed E-state index contributed by atoms with van der Waals surface area (Å²) in [6, 6.07) is 8.07. The second-order valence-electron chi connectivity index (χ2n) is 4.56. The van der Waals surface area contributed by atoms with Gasteiger partial charge in [0.2, 0.25) is 0 Å². The second-order valence-corrected chi connectivity index (χ2v) is 4.56. The van der Waals surface area contributed by atoms with Crippen molar-refractivity contribution in [2.75, 3.05) is 12.4 Å². The van der Waals surface area contributed by atoms with Gasteiger partial charge in [0.1, 0.15) is 23.0 Å². The van der Waals surface area contributed by atoms with E-state index in [2.05, 4.69) is 10.1 Å². The van der Waals surface area contributed by atoms with Gasteiger partial charge in [-0.05, 0) is 38.1 Å². The van der Waals surface area contributed by atoms with Gasteiger partial charge < -0.3 is 19.2 Å². The molecule has 0 saturated heterocycles. The monoisotopic (exact) mass is 297 g/mol. The fraction of sp³-hybridized carbons (Fsp3) is 0.333. The molecule has 1 aromatic carbocycles. The van der Waals surface area contributed by atoms with Crippen molar-refractivity contribution in [1.29, 1.82) is 0 Å². The first-order valence-corrected chi connectivity index (χ1v) is 6.45. The van der Waals surface area contributed by atoms with Gasteiger partial charge in [-0.2, -0.15) is 8.78 Å². The van der Waals surface area contributed by atoms with Gasteiger partial charge in [0, 0.05) is 6.07 Å². The highest BCUT2D eigenvalue weighted by Crippen LogP contribution is 2.33. The third-order valence-corrected chi connectivity index (χ3v) is 2.96. The summed E-state index contributed by atoms with van der Waals surface area (Å²) in [6.07, 6.45) is 0. The van der Waals surface area contributed by atoms with Crippen molar-refractivity contribution in [1.82, 2.24) is 0 Å². The van der Waals surface area contributed by atoms with Crippen LogP contribution in [0.25, 0.3) is 0 Å². The lowest BCUT2D eigenvalue weighted by atomic mass is 10.2. The molecule has 0 bridgehead atoms.